The second kappa shape index (κ2) is 4.92. The van der Waals surface area contributed by atoms with Gasteiger partial charge < -0.3 is 14.5 Å². The number of H-pyrrole nitrogens is 1. The predicted octanol–water partition coefficient (Wildman–Crippen LogP) is 3.37. The van der Waals surface area contributed by atoms with Crippen molar-refractivity contribution < 1.29 is 9.47 Å². The molecular weight excluding hydrogens is 250 g/mol. The Morgan fingerprint density at radius 1 is 1.39 bits per heavy atom. The fraction of sp³-hybridized carbons (Fsp3) is 0.429. The average Bonchev–Trinajstić information content (AvgIpc) is 2.99. The fourth-order valence-electron chi connectivity index (χ4n) is 2.47. The molecule has 1 aromatic heterocycles. The molecule has 0 aliphatic carbocycles. The fourth-order valence-corrected chi connectivity index (χ4v) is 2.64. The Hall–Kier alpha value is -1.03. The van der Waals surface area contributed by atoms with E-state index in [2.05, 4.69) is 11.9 Å². The molecule has 2 heterocycles. The van der Waals surface area contributed by atoms with E-state index in [4.69, 9.17) is 21.1 Å². The van der Waals surface area contributed by atoms with Crippen LogP contribution >= 0.6 is 11.6 Å². The van der Waals surface area contributed by atoms with Gasteiger partial charge in [-0.3, -0.25) is 0 Å². The Morgan fingerprint density at radius 3 is 2.94 bits per heavy atom. The number of nitrogens with one attached hydrogen (secondary N) is 1. The minimum atomic E-state index is -0.0749. The molecule has 0 bridgehead atoms. The number of hydrogen-bond donors (Lipinski definition) is 1. The predicted molar refractivity (Wildman–Crippen MR) is 71.9 cm³/mol. The number of hydrogen-bond acceptors (Lipinski definition) is 2. The number of ether oxygens (including phenoxy) is 2. The molecule has 1 aliphatic heterocycles. The molecule has 0 saturated carbocycles. The highest BCUT2D eigenvalue weighted by Crippen LogP contribution is 2.26. The Kier molecular flexibility index (Phi) is 3.29. The van der Waals surface area contributed by atoms with Crippen LogP contribution in [0, 0.1) is 5.92 Å². The molecule has 0 amide bonds. The summed E-state index contributed by atoms with van der Waals surface area (Å²) in [6, 6.07) is 5.91. The molecule has 1 aromatic carbocycles. The number of aromatic nitrogens is 1. The standard InChI is InChI=1S/C14H16ClNO2/c1-9(14-17-4-5-18-14)6-10-8-16-13-3-2-11(15)7-12(10)13/h2-3,7-9,14,16H,4-6H2,1H3. The number of halogens is 1. The van der Waals surface area contributed by atoms with E-state index in [-0.39, 0.29) is 6.29 Å². The molecule has 1 saturated heterocycles. The summed E-state index contributed by atoms with van der Waals surface area (Å²) < 4.78 is 11.1. The van der Waals surface area contributed by atoms with Gasteiger partial charge in [0.1, 0.15) is 0 Å². The monoisotopic (exact) mass is 265 g/mol. The van der Waals surface area contributed by atoms with Crippen molar-refractivity contribution in [3.05, 3.63) is 35.0 Å². The molecule has 2 aromatic rings. The lowest BCUT2D eigenvalue weighted by Crippen LogP contribution is -2.20. The largest absolute Gasteiger partial charge is 0.361 e. The minimum Gasteiger partial charge on any atom is -0.361 e. The van der Waals surface area contributed by atoms with Gasteiger partial charge in [0, 0.05) is 28.0 Å². The van der Waals surface area contributed by atoms with Crippen molar-refractivity contribution in [2.24, 2.45) is 5.92 Å². The Balaban J connectivity index is 1.83. The normalized spacial score (nSPS) is 18.6. The molecule has 0 radical (unpaired) electrons. The topological polar surface area (TPSA) is 34.2 Å². The first-order valence-electron chi connectivity index (χ1n) is 6.23. The summed E-state index contributed by atoms with van der Waals surface area (Å²) in [5, 5.41) is 1.96. The first-order chi connectivity index (χ1) is 8.74. The van der Waals surface area contributed by atoms with Gasteiger partial charge in [-0.05, 0) is 30.2 Å². The summed E-state index contributed by atoms with van der Waals surface area (Å²) >= 11 is 6.05. The second-order valence-electron chi connectivity index (χ2n) is 4.80. The summed E-state index contributed by atoms with van der Waals surface area (Å²) in [6.07, 6.45) is 2.89. The molecule has 0 spiro atoms. The van der Waals surface area contributed by atoms with Gasteiger partial charge in [0.15, 0.2) is 6.29 Å². The smallest absolute Gasteiger partial charge is 0.160 e. The van der Waals surface area contributed by atoms with Gasteiger partial charge in [0.25, 0.3) is 0 Å². The van der Waals surface area contributed by atoms with Crippen LogP contribution in [0.1, 0.15) is 12.5 Å². The van der Waals surface area contributed by atoms with Crippen molar-refractivity contribution in [3.8, 4) is 0 Å². The van der Waals surface area contributed by atoms with Crippen LogP contribution < -0.4 is 0 Å². The van der Waals surface area contributed by atoms with Crippen molar-refractivity contribution in [3.63, 3.8) is 0 Å². The third-order valence-corrected chi connectivity index (χ3v) is 3.62. The highest BCUT2D eigenvalue weighted by molar-refractivity contribution is 6.31. The van der Waals surface area contributed by atoms with Gasteiger partial charge >= 0.3 is 0 Å². The maximum Gasteiger partial charge on any atom is 0.160 e. The SMILES string of the molecule is CC(Cc1c[nH]c2ccc(Cl)cc12)C1OCCO1. The number of benzene rings is 1. The van der Waals surface area contributed by atoms with E-state index in [1.54, 1.807) is 0 Å². The van der Waals surface area contributed by atoms with E-state index in [1.165, 1.54) is 10.9 Å². The summed E-state index contributed by atoms with van der Waals surface area (Å²) in [6.45, 7) is 3.56. The molecule has 3 nitrogen and oxygen atoms in total. The van der Waals surface area contributed by atoms with E-state index in [0.717, 1.165) is 17.0 Å². The van der Waals surface area contributed by atoms with Crippen molar-refractivity contribution in [1.29, 1.82) is 0 Å². The van der Waals surface area contributed by atoms with Crippen LogP contribution in [-0.4, -0.2) is 24.5 Å². The number of rotatable bonds is 3. The van der Waals surface area contributed by atoms with Crippen molar-refractivity contribution in [2.45, 2.75) is 19.6 Å². The maximum atomic E-state index is 6.05. The number of fused-ring (bicyclic) bond motifs is 1. The lowest BCUT2D eigenvalue weighted by Gasteiger charge is -2.17. The van der Waals surface area contributed by atoms with Crippen LogP contribution in [-0.2, 0) is 15.9 Å². The molecule has 1 atom stereocenters. The van der Waals surface area contributed by atoms with Gasteiger partial charge in [-0.1, -0.05) is 18.5 Å². The molecule has 1 aliphatic rings. The zero-order valence-electron chi connectivity index (χ0n) is 10.3. The maximum absolute atomic E-state index is 6.05. The van der Waals surface area contributed by atoms with Crippen LogP contribution in [0.5, 0.6) is 0 Å². The molecule has 1 N–H and O–H groups in total. The highest BCUT2D eigenvalue weighted by atomic mass is 35.5. The van der Waals surface area contributed by atoms with Crippen LogP contribution in [0.25, 0.3) is 10.9 Å². The lowest BCUT2D eigenvalue weighted by molar-refractivity contribution is -0.0779. The van der Waals surface area contributed by atoms with Gasteiger partial charge in [-0.15, -0.1) is 0 Å². The summed E-state index contributed by atoms with van der Waals surface area (Å²) in [7, 11) is 0. The third kappa shape index (κ3) is 2.26. The zero-order chi connectivity index (χ0) is 12.5. The minimum absolute atomic E-state index is 0.0749. The number of aromatic amines is 1. The van der Waals surface area contributed by atoms with Crippen LogP contribution in [0.2, 0.25) is 5.02 Å². The van der Waals surface area contributed by atoms with E-state index >= 15 is 0 Å². The van der Waals surface area contributed by atoms with Gasteiger partial charge in [0.2, 0.25) is 0 Å². The Bertz CT molecular complexity index is 546. The molecule has 96 valence electrons. The molecule has 4 heteroatoms. The third-order valence-electron chi connectivity index (χ3n) is 3.38. The quantitative estimate of drug-likeness (QED) is 0.923. The molecule has 1 fully saturated rings. The van der Waals surface area contributed by atoms with E-state index in [1.807, 2.05) is 24.4 Å². The molecule has 18 heavy (non-hydrogen) atoms. The summed E-state index contributed by atoms with van der Waals surface area (Å²) in [4.78, 5) is 3.27. The van der Waals surface area contributed by atoms with Crippen LogP contribution in [0.3, 0.4) is 0 Å². The van der Waals surface area contributed by atoms with Crippen molar-refractivity contribution in [2.75, 3.05) is 13.2 Å². The van der Waals surface area contributed by atoms with Gasteiger partial charge in [-0.25, -0.2) is 0 Å². The zero-order valence-corrected chi connectivity index (χ0v) is 11.0. The Morgan fingerprint density at radius 2 is 2.17 bits per heavy atom. The van der Waals surface area contributed by atoms with Crippen LogP contribution in [0.15, 0.2) is 24.4 Å². The summed E-state index contributed by atoms with van der Waals surface area (Å²) in [5.41, 5.74) is 2.38. The van der Waals surface area contributed by atoms with E-state index in [0.29, 0.717) is 19.1 Å². The first kappa shape index (κ1) is 12.0. The van der Waals surface area contributed by atoms with Crippen molar-refractivity contribution >= 4 is 22.5 Å². The first-order valence-corrected chi connectivity index (χ1v) is 6.60. The molecule has 1 unspecified atom stereocenters. The Labute approximate surface area is 111 Å². The van der Waals surface area contributed by atoms with Gasteiger partial charge in [0.05, 0.1) is 13.2 Å². The molecule has 3 rings (SSSR count). The van der Waals surface area contributed by atoms with E-state index in [9.17, 15) is 0 Å². The van der Waals surface area contributed by atoms with Crippen LogP contribution in [0.4, 0.5) is 0 Å². The lowest BCUT2D eigenvalue weighted by atomic mass is 10.00. The van der Waals surface area contributed by atoms with E-state index < -0.39 is 0 Å². The van der Waals surface area contributed by atoms with Gasteiger partial charge in [-0.2, -0.15) is 0 Å². The van der Waals surface area contributed by atoms with Crippen molar-refractivity contribution in [1.82, 2.24) is 4.98 Å². The second-order valence-corrected chi connectivity index (χ2v) is 5.23. The average molecular weight is 266 g/mol. The molecular formula is C14H16ClNO2. The highest BCUT2D eigenvalue weighted by Gasteiger charge is 2.24. The summed E-state index contributed by atoms with van der Waals surface area (Å²) in [5.74, 6) is 0.338.